The van der Waals surface area contributed by atoms with Gasteiger partial charge in [0.15, 0.2) is 0 Å². The number of nitrogens with zero attached hydrogens (tertiary/aromatic N) is 1. The fourth-order valence-corrected chi connectivity index (χ4v) is 1.87. The van der Waals surface area contributed by atoms with Gasteiger partial charge in [0.05, 0.1) is 0 Å². The molecule has 1 fully saturated rings. The molecule has 0 aromatic heterocycles. The Morgan fingerprint density at radius 3 is 2.44 bits per heavy atom. The van der Waals surface area contributed by atoms with E-state index >= 15 is 0 Å². The van der Waals surface area contributed by atoms with Gasteiger partial charge in [0.1, 0.15) is 0 Å². The molecule has 0 bridgehead atoms. The number of nitrogens with one attached hydrogen (secondary N) is 2. The Hall–Kier alpha value is -0.320. The first-order valence-electron chi connectivity index (χ1n) is 6.67. The largest absolute Gasteiger partial charge is 0.355 e. The van der Waals surface area contributed by atoms with Crippen LogP contribution in [0.15, 0.2) is 0 Å². The molecule has 5 heteroatoms. The van der Waals surface area contributed by atoms with Crippen LogP contribution < -0.4 is 10.6 Å². The molecule has 1 amide bonds. The number of hydrogen-bond donors (Lipinski definition) is 2. The minimum absolute atomic E-state index is 0. The molecular weight excluding hydrogens is 250 g/mol. The molecule has 1 heterocycles. The zero-order valence-corrected chi connectivity index (χ0v) is 12.7. The van der Waals surface area contributed by atoms with Gasteiger partial charge in [0.2, 0.25) is 5.91 Å². The number of rotatable bonds is 5. The second-order valence-corrected chi connectivity index (χ2v) is 6.00. The number of halogens is 1. The maximum Gasteiger partial charge on any atom is 0.220 e. The van der Waals surface area contributed by atoms with Crippen molar-refractivity contribution in [3.63, 3.8) is 0 Å². The zero-order chi connectivity index (χ0) is 12.7. The normalized spacial score (nSPS) is 17.1. The topological polar surface area (TPSA) is 44.4 Å². The quantitative estimate of drug-likeness (QED) is 0.795. The van der Waals surface area contributed by atoms with E-state index < -0.39 is 0 Å². The van der Waals surface area contributed by atoms with E-state index in [1.807, 2.05) is 0 Å². The van der Waals surface area contributed by atoms with E-state index in [0.29, 0.717) is 6.42 Å². The Bertz CT molecular complexity index is 235. The maximum atomic E-state index is 11.6. The predicted molar refractivity (Wildman–Crippen MR) is 78.3 cm³/mol. The van der Waals surface area contributed by atoms with E-state index in [9.17, 15) is 4.79 Å². The van der Waals surface area contributed by atoms with Gasteiger partial charge in [-0.2, -0.15) is 0 Å². The summed E-state index contributed by atoms with van der Waals surface area (Å²) >= 11 is 0. The summed E-state index contributed by atoms with van der Waals surface area (Å²) in [4.78, 5) is 14.0. The van der Waals surface area contributed by atoms with Crippen molar-refractivity contribution >= 4 is 18.3 Å². The van der Waals surface area contributed by atoms with Crippen molar-refractivity contribution in [2.45, 2.75) is 33.6 Å². The van der Waals surface area contributed by atoms with Crippen molar-refractivity contribution < 1.29 is 4.79 Å². The predicted octanol–water partition coefficient (Wildman–Crippen LogP) is 1.26. The average Bonchev–Trinajstić information content (AvgIpc) is 2.27. The molecule has 0 atom stereocenters. The summed E-state index contributed by atoms with van der Waals surface area (Å²) in [5.74, 6) is 0.190. The molecule has 0 aromatic rings. The van der Waals surface area contributed by atoms with Gasteiger partial charge in [-0.1, -0.05) is 20.8 Å². The highest BCUT2D eigenvalue weighted by Crippen LogP contribution is 2.19. The Labute approximate surface area is 117 Å². The first-order valence-corrected chi connectivity index (χ1v) is 6.67. The molecule has 108 valence electrons. The molecule has 1 aliphatic rings. The van der Waals surface area contributed by atoms with Gasteiger partial charge in [0.25, 0.3) is 0 Å². The first-order chi connectivity index (χ1) is 7.97. The van der Waals surface area contributed by atoms with Crippen molar-refractivity contribution in [3.8, 4) is 0 Å². The highest BCUT2D eigenvalue weighted by Gasteiger charge is 2.13. The standard InChI is InChI=1S/C13H27N3O.ClH/c1-13(2,3)5-4-12(17)15-8-11-16-9-6-14-7-10-16;/h14H,4-11H2,1-3H3,(H,15,17);1H. The molecule has 1 aliphatic heterocycles. The van der Waals surface area contributed by atoms with Crippen LogP contribution in [0.2, 0.25) is 0 Å². The smallest absolute Gasteiger partial charge is 0.220 e. The van der Waals surface area contributed by atoms with Crippen LogP contribution in [0.3, 0.4) is 0 Å². The minimum Gasteiger partial charge on any atom is -0.355 e. The molecule has 1 rings (SSSR count). The second-order valence-electron chi connectivity index (χ2n) is 6.00. The number of carbonyl (C=O) groups is 1. The lowest BCUT2D eigenvalue weighted by molar-refractivity contribution is -0.121. The van der Waals surface area contributed by atoms with E-state index in [0.717, 1.165) is 45.7 Å². The summed E-state index contributed by atoms with van der Waals surface area (Å²) in [7, 11) is 0. The first kappa shape index (κ1) is 17.7. The number of carbonyl (C=O) groups excluding carboxylic acids is 1. The molecule has 0 saturated carbocycles. The third kappa shape index (κ3) is 8.72. The molecule has 4 nitrogen and oxygen atoms in total. The van der Waals surface area contributed by atoms with Gasteiger partial charge < -0.3 is 10.6 Å². The summed E-state index contributed by atoms with van der Waals surface area (Å²) in [6.07, 6.45) is 1.59. The lowest BCUT2D eigenvalue weighted by Gasteiger charge is -2.27. The van der Waals surface area contributed by atoms with E-state index in [4.69, 9.17) is 0 Å². The molecular formula is C13H28ClN3O. The van der Waals surface area contributed by atoms with Crippen molar-refractivity contribution in [2.24, 2.45) is 5.41 Å². The van der Waals surface area contributed by atoms with Gasteiger partial charge in [-0.25, -0.2) is 0 Å². The lowest BCUT2D eigenvalue weighted by Crippen LogP contribution is -2.46. The number of hydrogen-bond acceptors (Lipinski definition) is 3. The van der Waals surface area contributed by atoms with Crippen LogP contribution in [0.5, 0.6) is 0 Å². The van der Waals surface area contributed by atoms with Gasteiger partial charge in [-0.15, -0.1) is 12.4 Å². The van der Waals surface area contributed by atoms with Gasteiger partial charge in [-0.3, -0.25) is 9.69 Å². The summed E-state index contributed by atoms with van der Waals surface area (Å²) < 4.78 is 0. The average molecular weight is 278 g/mol. The highest BCUT2D eigenvalue weighted by molar-refractivity contribution is 5.85. The molecule has 2 N–H and O–H groups in total. The lowest BCUT2D eigenvalue weighted by atomic mass is 9.90. The van der Waals surface area contributed by atoms with E-state index in [-0.39, 0.29) is 23.7 Å². The second kappa shape index (κ2) is 8.73. The highest BCUT2D eigenvalue weighted by atomic mass is 35.5. The molecule has 0 radical (unpaired) electrons. The zero-order valence-electron chi connectivity index (χ0n) is 11.9. The van der Waals surface area contributed by atoms with E-state index in [1.54, 1.807) is 0 Å². The van der Waals surface area contributed by atoms with E-state index in [2.05, 4.69) is 36.3 Å². The van der Waals surface area contributed by atoms with Crippen LogP contribution in [0.25, 0.3) is 0 Å². The van der Waals surface area contributed by atoms with Crippen LogP contribution in [0.1, 0.15) is 33.6 Å². The van der Waals surface area contributed by atoms with Gasteiger partial charge in [0, 0.05) is 45.7 Å². The third-order valence-corrected chi connectivity index (χ3v) is 3.06. The van der Waals surface area contributed by atoms with Crippen LogP contribution >= 0.6 is 12.4 Å². The number of amides is 1. The van der Waals surface area contributed by atoms with Crippen LogP contribution in [0.4, 0.5) is 0 Å². The van der Waals surface area contributed by atoms with Crippen molar-refractivity contribution in [1.82, 2.24) is 15.5 Å². The molecule has 1 saturated heterocycles. The van der Waals surface area contributed by atoms with Crippen molar-refractivity contribution in [2.75, 3.05) is 39.3 Å². The van der Waals surface area contributed by atoms with Crippen LogP contribution in [0, 0.1) is 5.41 Å². The van der Waals surface area contributed by atoms with Crippen molar-refractivity contribution in [3.05, 3.63) is 0 Å². The maximum absolute atomic E-state index is 11.6. The van der Waals surface area contributed by atoms with Crippen LogP contribution in [-0.4, -0.2) is 50.1 Å². The summed E-state index contributed by atoms with van der Waals surface area (Å²) in [6.45, 7) is 12.6. The third-order valence-electron chi connectivity index (χ3n) is 3.06. The van der Waals surface area contributed by atoms with Crippen LogP contribution in [-0.2, 0) is 4.79 Å². The Morgan fingerprint density at radius 2 is 1.89 bits per heavy atom. The minimum atomic E-state index is 0. The Kier molecular flexibility index (Phi) is 8.57. The molecule has 0 aliphatic carbocycles. The van der Waals surface area contributed by atoms with Gasteiger partial charge in [-0.05, 0) is 11.8 Å². The molecule has 18 heavy (non-hydrogen) atoms. The molecule has 0 unspecified atom stereocenters. The fourth-order valence-electron chi connectivity index (χ4n) is 1.87. The molecule has 0 aromatic carbocycles. The Balaban J connectivity index is 0.00000289. The van der Waals surface area contributed by atoms with Crippen molar-refractivity contribution in [1.29, 1.82) is 0 Å². The summed E-state index contributed by atoms with van der Waals surface area (Å²) in [5, 5.41) is 6.32. The monoisotopic (exact) mass is 277 g/mol. The Morgan fingerprint density at radius 1 is 1.28 bits per heavy atom. The van der Waals surface area contributed by atoms with E-state index in [1.165, 1.54) is 0 Å². The van der Waals surface area contributed by atoms with Gasteiger partial charge >= 0.3 is 0 Å². The summed E-state index contributed by atoms with van der Waals surface area (Å²) in [5.41, 5.74) is 0.246. The summed E-state index contributed by atoms with van der Waals surface area (Å²) in [6, 6.07) is 0. The molecule has 0 spiro atoms. The SMILES string of the molecule is CC(C)(C)CCC(=O)NCCN1CCNCC1.Cl. The number of piperazine rings is 1. The fraction of sp³-hybridized carbons (Fsp3) is 0.923.